The minimum Gasteiger partial charge on any atom is -0.362 e. The van der Waals surface area contributed by atoms with Gasteiger partial charge < -0.3 is 10.6 Å². The van der Waals surface area contributed by atoms with Gasteiger partial charge in [0, 0.05) is 20.3 Å². The molecule has 2 aromatic rings. The van der Waals surface area contributed by atoms with Gasteiger partial charge in [-0.05, 0) is 31.2 Å². The Morgan fingerprint density at radius 3 is 2.19 bits per heavy atom. The Bertz CT molecular complexity index is 793. The highest BCUT2D eigenvalue weighted by atomic mass is 16.2. The number of carbonyl (C=O) groups is 2. The second-order valence-corrected chi connectivity index (χ2v) is 6.52. The van der Waals surface area contributed by atoms with Crippen molar-refractivity contribution in [3.05, 3.63) is 54.6 Å². The molecule has 1 aliphatic rings. The third-order valence-electron chi connectivity index (χ3n) is 4.41. The summed E-state index contributed by atoms with van der Waals surface area (Å²) in [4.78, 5) is 23.9. The van der Waals surface area contributed by atoms with E-state index in [0.29, 0.717) is 5.69 Å². The molecule has 0 saturated carbocycles. The predicted octanol–water partition coefficient (Wildman–Crippen LogP) is 3.45. The lowest BCUT2D eigenvalue weighted by Crippen LogP contribution is -2.48. The van der Waals surface area contributed by atoms with Crippen molar-refractivity contribution in [2.24, 2.45) is 0 Å². The van der Waals surface area contributed by atoms with Crippen LogP contribution < -0.4 is 15.6 Å². The fraction of sp³-hybridized carbons (Fsp3) is 0.300. The summed E-state index contributed by atoms with van der Waals surface area (Å²) in [6, 6.07) is 17.6. The van der Waals surface area contributed by atoms with Crippen LogP contribution in [0, 0.1) is 0 Å². The van der Waals surface area contributed by atoms with E-state index in [0.717, 1.165) is 17.8 Å². The molecule has 26 heavy (non-hydrogen) atoms. The van der Waals surface area contributed by atoms with Crippen LogP contribution in [0.5, 0.6) is 0 Å². The first kappa shape index (κ1) is 17.8. The van der Waals surface area contributed by atoms with Gasteiger partial charge in [0.2, 0.25) is 11.8 Å². The Labute approximate surface area is 153 Å². The Morgan fingerprint density at radius 2 is 1.58 bits per heavy atom. The lowest BCUT2D eigenvalue weighted by Gasteiger charge is -2.35. The zero-order valence-corrected chi connectivity index (χ0v) is 15.3. The highest BCUT2D eigenvalue weighted by molar-refractivity contribution is 5.92. The number of hydrogen-bond donors (Lipinski definition) is 2. The van der Waals surface area contributed by atoms with Gasteiger partial charge in [0.1, 0.15) is 6.17 Å². The number of nitrogens with zero attached hydrogens (tertiary/aromatic N) is 2. The van der Waals surface area contributed by atoms with Gasteiger partial charge in [0.05, 0.1) is 23.1 Å². The molecule has 2 N–H and O–H groups in total. The van der Waals surface area contributed by atoms with E-state index in [4.69, 9.17) is 0 Å². The van der Waals surface area contributed by atoms with Gasteiger partial charge in [-0.2, -0.15) is 0 Å². The van der Waals surface area contributed by atoms with Gasteiger partial charge in [-0.15, -0.1) is 0 Å². The molecular formula is C20H24N4O2. The summed E-state index contributed by atoms with van der Waals surface area (Å²) in [5.74, 6) is -0.166. The molecule has 0 aromatic heterocycles. The largest absolute Gasteiger partial charge is 0.362 e. The van der Waals surface area contributed by atoms with E-state index in [9.17, 15) is 9.59 Å². The number of anilines is 3. The van der Waals surface area contributed by atoms with Crippen LogP contribution in [-0.4, -0.2) is 29.0 Å². The molecular weight excluding hydrogens is 328 g/mol. The molecule has 136 valence electrons. The molecule has 6 nitrogen and oxygen atoms in total. The van der Waals surface area contributed by atoms with Crippen LogP contribution in [0.25, 0.3) is 0 Å². The first-order valence-electron chi connectivity index (χ1n) is 8.74. The Balaban J connectivity index is 1.89. The highest BCUT2D eigenvalue weighted by Crippen LogP contribution is 2.33. The summed E-state index contributed by atoms with van der Waals surface area (Å²) in [5, 5.41) is 10.0. The zero-order chi connectivity index (χ0) is 18.7. The van der Waals surface area contributed by atoms with Gasteiger partial charge in [-0.3, -0.25) is 14.6 Å². The van der Waals surface area contributed by atoms with E-state index < -0.39 is 0 Å². The van der Waals surface area contributed by atoms with Crippen molar-refractivity contribution in [3.63, 3.8) is 0 Å². The molecule has 0 aliphatic carbocycles. The van der Waals surface area contributed by atoms with Crippen LogP contribution in [0.3, 0.4) is 0 Å². The van der Waals surface area contributed by atoms with Gasteiger partial charge in [-0.1, -0.05) is 30.3 Å². The molecule has 0 bridgehead atoms. The van der Waals surface area contributed by atoms with E-state index in [-0.39, 0.29) is 24.0 Å². The van der Waals surface area contributed by atoms with Crippen LogP contribution in [-0.2, 0) is 9.59 Å². The van der Waals surface area contributed by atoms with E-state index in [1.54, 1.807) is 11.9 Å². The first-order chi connectivity index (χ1) is 12.5. The zero-order valence-electron chi connectivity index (χ0n) is 15.3. The predicted molar refractivity (Wildman–Crippen MR) is 104 cm³/mol. The molecule has 0 radical (unpaired) electrons. The number of rotatable bonds is 4. The van der Waals surface area contributed by atoms with Crippen molar-refractivity contribution < 1.29 is 9.59 Å². The monoisotopic (exact) mass is 352 g/mol. The molecule has 3 rings (SSSR count). The number of hydrogen-bond acceptors (Lipinski definition) is 4. The summed E-state index contributed by atoms with van der Waals surface area (Å²) in [7, 11) is 0. The van der Waals surface area contributed by atoms with E-state index in [1.807, 2.05) is 59.6 Å². The van der Waals surface area contributed by atoms with Crippen molar-refractivity contribution in [1.82, 2.24) is 5.01 Å². The third-order valence-corrected chi connectivity index (χ3v) is 4.41. The van der Waals surface area contributed by atoms with Crippen LogP contribution in [0.2, 0.25) is 0 Å². The topological polar surface area (TPSA) is 64.7 Å². The van der Waals surface area contributed by atoms with Crippen molar-refractivity contribution >= 4 is 28.9 Å². The van der Waals surface area contributed by atoms with Gasteiger partial charge >= 0.3 is 0 Å². The number of hydrazine groups is 1. The molecule has 1 fully saturated rings. The summed E-state index contributed by atoms with van der Waals surface area (Å²) < 4.78 is 0. The first-order valence-corrected chi connectivity index (χ1v) is 8.74. The second kappa shape index (κ2) is 7.47. The van der Waals surface area contributed by atoms with Gasteiger partial charge in [0.25, 0.3) is 0 Å². The lowest BCUT2D eigenvalue weighted by molar-refractivity contribution is -0.130. The fourth-order valence-electron chi connectivity index (χ4n) is 3.42. The van der Waals surface area contributed by atoms with Crippen LogP contribution >= 0.6 is 0 Å². The normalized spacial score (nSPS) is 19.3. The Morgan fingerprint density at radius 1 is 0.962 bits per heavy atom. The van der Waals surface area contributed by atoms with Crippen molar-refractivity contribution in [3.8, 4) is 0 Å². The smallest absolute Gasteiger partial charge is 0.239 e. The minimum atomic E-state index is -0.197. The second-order valence-electron chi connectivity index (χ2n) is 6.52. The van der Waals surface area contributed by atoms with Gasteiger partial charge in [-0.25, -0.2) is 5.01 Å². The third kappa shape index (κ3) is 3.64. The van der Waals surface area contributed by atoms with E-state index >= 15 is 0 Å². The van der Waals surface area contributed by atoms with E-state index in [1.165, 1.54) is 6.92 Å². The number of benzene rings is 2. The van der Waals surface area contributed by atoms with Crippen molar-refractivity contribution in [1.29, 1.82) is 0 Å². The SMILES string of the molecule is CC(=O)Nc1ccccc1N[C@@H]1C[C@@H](C)N(c2ccccc2)N1C(C)=O. The fourth-order valence-corrected chi connectivity index (χ4v) is 3.42. The molecule has 2 aromatic carbocycles. The quantitative estimate of drug-likeness (QED) is 0.885. The van der Waals surface area contributed by atoms with Crippen LogP contribution in [0.4, 0.5) is 17.1 Å². The van der Waals surface area contributed by atoms with E-state index in [2.05, 4.69) is 17.6 Å². The maximum atomic E-state index is 12.4. The molecule has 0 unspecified atom stereocenters. The average molecular weight is 352 g/mol. The number of carbonyl (C=O) groups excluding carboxylic acids is 2. The highest BCUT2D eigenvalue weighted by Gasteiger charge is 2.39. The molecule has 1 saturated heterocycles. The average Bonchev–Trinajstić information content (AvgIpc) is 2.93. The standard InChI is InChI=1S/C20H24N4O2/c1-14-13-20(22-19-12-8-7-11-18(19)21-15(2)25)24(16(3)26)23(14)17-9-5-4-6-10-17/h4-12,14,20,22H,13H2,1-3H3,(H,21,25)/t14-,20+/m1/s1. The molecule has 2 atom stereocenters. The summed E-state index contributed by atoms with van der Waals surface area (Å²) in [6.07, 6.45) is 0.570. The molecule has 1 aliphatic heterocycles. The molecule has 6 heteroatoms. The number of nitrogens with one attached hydrogen (secondary N) is 2. The van der Waals surface area contributed by atoms with Gasteiger partial charge in [0.15, 0.2) is 0 Å². The maximum Gasteiger partial charge on any atom is 0.239 e. The lowest BCUT2D eigenvalue weighted by atomic mass is 10.2. The van der Waals surface area contributed by atoms with Crippen LogP contribution in [0.15, 0.2) is 54.6 Å². The Kier molecular flexibility index (Phi) is 5.11. The number of para-hydroxylation sites is 3. The van der Waals surface area contributed by atoms with Crippen molar-refractivity contribution in [2.45, 2.75) is 39.4 Å². The summed E-state index contributed by atoms with van der Waals surface area (Å²) >= 11 is 0. The van der Waals surface area contributed by atoms with Crippen LogP contribution in [0.1, 0.15) is 27.2 Å². The Hall–Kier alpha value is -3.02. The molecule has 0 spiro atoms. The maximum absolute atomic E-state index is 12.4. The summed E-state index contributed by atoms with van der Waals surface area (Å²) in [5.41, 5.74) is 2.48. The summed E-state index contributed by atoms with van der Waals surface area (Å²) in [6.45, 7) is 5.15. The number of amides is 2. The van der Waals surface area contributed by atoms with Crippen molar-refractivity contribution in [2.75, 3.05) is 15.6 Å². The molecule has 1 heterocycles. The minimum absolute atomic E-state index is 0.0345. The molecule has 2 amide bonds.